The maximum atomic E-state index is 16.8. The Labute approximate surface area is 406 Å². The Kier molecular flexibility index (Phi) is 10.7. The summed E-state index contributed by atoms with van der Waals surface area (Å²) >= 11 is 0. The molecule has 12 aromatic carbocycles. The molecule has 0 bridgehead atoms. The largest absolute Gasteiger partial charge is 0.307 e. The standard InChI is InChI=1S/C66H46F2N2/c1-43-23-31-63(59(67)35-43)69(55-39-51(45-15-7-3-8-16-45)37-52(40-55)46-17-9-4-10-18-46)61-33-27-49-26-30-58-62(34-28-50-25-29-57(61)65(49)66(50)58)70(64-32-24-44(2)36-60(64)68)56-41-53(47-19-11-5-12-20-47)38-54(42-56)48-21-13-6-14-22-48/h3-42H,1-2H3. The van der Waals surface area contributed by atoms with E-state index in [0.717, 1.165) is 111 Å². The Balaban J connectivity index is 1.12. The monoisotopic (exact) mass is 904 g/mol. The summed E-state index contributed by atoms with van der Waals surface area (Å²) in [7, 11) is 0. The number of hydrogen-bond acceptors (Lipinski definition) is 2. The van der Waals surface area contributed by atoms with Gasteiger partial charge in [0.05, 0.1) is 22.7 Å². The first-order valence-corrected chi connectivity index (χ1v) is 23.7. The van der Waals surface area contributed by atoms with Crippen molar-refractivity contribution in [1.82, 2.24) is 0 Å². The fraction of sp³-hybridized carbons (Fsp3) is 0.0303. The van der Waals surface area contributed by atoms with Gasteiger partial charge < -0.3 is 9.80 Å². The SMILES string of the molecule is Cc1ccc(N(c2cc(-c3ccccc3)cc(-c3ccccc3)c2)c2ccc3ccc4c(N(c5cc(-c6ccccc6)cc(-c6ccccc6)c5)c5ccc(C)cc5F)ccc5ccc2c3c54)c(F)c1. The Bertz CT molecular complexity index is 3500. The molecule has 12 rings (SSSR count). The molecule has 0 amide bonds. The molecule has 4 heteroatoms. The molecule has 0 fully saturated rings. The van der Waals surface area contributed by atoms with E-state index in [-0.39, 0.29) is 11.6 Å². The Morgan fingerprint density at radius 3 is 0.886 bits per heavy atom. The molecule has 334 valence electrons. The molecule has 0 spiro atoms. The molecule has 0 aliphatic heterocycles. The van der Waals surface area contributed by atoms with E-state index in [9.17, 15) is 0 Å². The van der Waals surface area contributed by atoms with Crippen molar-refractivity contribution in [2.75, 3.05) is 9.80 Å². The van der Waals surface area contributed by atoms with Crippen molar-refractivity contribution in [2.45, 2.75) is 13.8 Å². The molecule has 0 saturated carbocycles. The molecule has 0 N–H and O–H groups in total. The van der Waals surface area contributed by atoms with Crippen molar-refractivity contribution in [1.29, 1.82) is 0 Å². The number of benzene rings is 12. The third-order valence-electron chi connectivity index (χ3n) is 13.6. The van der Waals surface area contributed by atoms with Crippen LogP contribution in [-0.2, 0) is 0 Å². The number of anilines is 6. The van der Waals surface area contributed by atoms with Crippen molar-refractivity contribution >= 4 is 66.4 Å². The van der Waals surface area contributed by atoms with Gasteiger partial charge in [0.1, 0.15) is 11.6 Å². The second-order valence-electron chi connectivity index (χ2n) is 18.2. The molecule has 0 atom stereocenters. The van der Waals surface area contributed by atoms with Crippen LogP contribution < -0.4 is 9.80 Å². The van der Waals surface area contributed by atoms with Crippen molar-refractivity contribution in [3.05, 3.63) is 265 Å². The predicted molar refractivity (Wildman–Crippen MR) is 291 cm³/mol. The van der Waals surface area contributed by atoms with Crippen molar-refractivity contribution < 1.29 is 8.78 Å². The number of hydrogen-bond donors (Lipinski definition) is 0. The summed E-state index contributed by atoms with van der Waals surface area (Å²) in [6.45, 7) is 3.83. The van der Waals surface area contributed by atoms with Crippen LogP contribution in [0.2, 0.25) is 0 Å². The van der Waals surface area contributed by atoms with E-state index >= 15 is 8.78 Å². The highest BCUT2D eigenvalue weighted by atomic mass is 19.1. The average Bonchev–Trinajstić information content (AvgIpc) is 3.41. The summed E-state index contributed by atoms with van der Waals surface area (Å²) in [6.07, 6.45) is 0. The normalized spacial score (nSPS) is 11.4. The Hall–Kier alpha value is -8.86. The van der Waals surface area contributed by atoms with E-state index < -0.39 is 0 Å². The van der Waals surface area contributed by atoms with Crippen LogP contribution in [0.5, 0.6) is 0 Å². The van der Waals surface area contributed by atoms with E-state index in [4.69, 9.17) is 0 Å². The summed E-state index contributed by atoms with van der Waals surface area (Å²) < 4.78 is 33.7. The predicted octanol–water partition coefficient (Wildman–Crippen LogP) is 19.1. The van der Waals surface area contributed by atoms with Crippen LogP contribution in [0, 0.1) is 25.5 Å². The Morgan fingerprint density at radius 2 is 0.571 bits per heavy atom. The topological polar surface area (TPSA) is 6.48 Å². The van der Waals surface area contributed by atoms with Gasteiger partial charge in [0.15, 0.2) is 0 Å². The summed E-state index contributed by atoms with van der Waals surface area (Å²) in [6, 6.07) is 82.6. The van der Waals surface area contributed by atoms with E-state index in [1.807, 2.05) is 111 Å². The summed E-state index contributed by atoms with van der Waals surface area (Å²) in [5.74, 6) is -0.634. The van der Waals surface area contributed by atoms with Gasteiger partial charge in [-0.25, -0.2) is 8.78 Å². The lowest BCUT2D eigenvalue weighted by atomic mass is 9.91. The first-order valence-electron chi connectivity index (χ1n) is 23.7. The number of aryl methyl sites for hydroxylation is 2. The molecule has 0 saturated heterocycles. The fourth-order valence-corrected chi connectivity index (χ4v) is 10.2. The van der Waals surface area contributed by atoms with Gasteiger partial charge in [0.2, 0.25) is 0 Å². The van der Waals surface area contributed by atoms with Crippen molar-refractivity contribution in [3.63, 3.8) is 0 Å². The lowest BCUT2D eigenvalue weighted by molar-refractivity contribution is 0.627. The van der Waals surface area contributed by atoms with Crippen molar-refractivity contribution in [2.24, 2.45) is 0 Å². The Morgan fingerprint density at radius 1 is 0.271 bits per heavy atom. The zero-order chi connectivity index (χ0) is 47.3. The maximum Gasteiger partial charge on any atom is 0.147 e. The quantitative estimate of drug-likeness (QED) is 0.126. The van der Waals surface area contributed by atoms with Gasteiger partial charge in [0.25, 0.3) is 0 Å². The molecule has 0 aromatic heterocycles. The van der Waals surface area contributed by atoms with E-state index in [2.05, 4.69) is 143 Å². The molecule has 0 radical (unpaired) electrons. The van der Waals surface area contributed by atoms with E-state index in [1.165, 1.54) is 0 Å². The van der Waals surface area contributed by atoms with Crippen LogP contribution in [0.25, 0.3) is 76.8 Å². The molecule has 70 heavy (non-hydrogen) atoms. The maximum absolute atomic E-state index is 16.8. The fourth-order valence-electron chi connectivity index (χ4n) is 10.2. The molecule has 12 aromatic rings. The number of nitrogens with zero attached hydrogens (tertiary/aromatic N) is 2. The third kappa shape index (κ3) is 7.70. The molecule has 0 aliphatic carbocycles. The molecular formula is C66H46F2N2. The second kappa shape index (κ2) is 17.7. The number of rotatable bonds is 10. The first kappa shape index (κ1) is 42.5. The highest BCUT2D eigenvalue weighted by Gasteiger charge is 2.26. The molecule has 0 unspecified atom stereocenters. The van der Waals surface area contributed by atoms with Gasteiger partial charge in [-0.2, -0.15) is 0 Å². The molecule has 0 heterocycles. The van der Waals surface area contributed by atoms with E-state index in [0.29, 0.717) is 11.4 Å². The summed E-state index contributed by atoms with van der Waals surface area (Å²) in [5, 5.41) is 6.11. The van der Waals surface area contributed by atoms with Crippen molar-refractivity contribution in [3.8, 4) is 44.5 Å². The average molecular weight is 905 g/mol. The number of halogens is 2. The van der Waals surface area contributed by atoms with Crippen LogP contribution in [0.3, 0.4) is 0 Å². The van der Waals surface area contributed by atoms with Gasteiger partial charge in [0, 0.05) is 22.1 Å². The third-order valence-corrected chi connectivity index (χ3v) is 13.6. The second-order valence-corrected chi connectivity index (χ2v) is 18.2. The minimum Gasteiger partial charge on any atom is -0.307 e. The zero-order valence-electron chi connectivity index (χ0n) is 38.7. The molecular weight excluding hydrogens is 859 g/mol. The van der Waals surface area contributed by atoms with Crippen LogP contribution in [0.4, 0.5) is 42.9 Å². The van der Waals surface area contributed by atoms with Gasteiger partial charge in [-0.1, -0.05) is 170 Å². The highest BCUT2D eigenvalue weighted by Crippen LogP contribution is 2.50. The summed E-state index contributed by atoms with van der Waals surface area (Å²) in [4.78, 5) is 4.16. The zero-order valence-corrected chi connectivity index (χ0v) is 38.7. The summed E-state index contributed by atoms with van der Waals surface area (Å²) in [5.41, 5.74) is 14.2. The van der Waals surface area contributed by atoms with Gasteiger partial charge in [-0.3, -0.25) is 0 Å². The highest BCUT2D eigenvalue weighted by molar-refractivity contribution is 6.28. The van der Waals surface area contributed by atoms with Crippen LogP contribution in [0.1, 0.15) is 11.1 Å². The van der Waals surface area contributed by atoms with Crippen LogP contribution in [0.15, 0.2) is 243 Å². The molecule has 2 nitrogen and oxygen atoms in total. The lowest BCUT2D eigenvalue weighted by Crippen LogP contribution is -2.13. The first-order chi connectivity index (χ1) is 34.3. The van der Waals surface area contributed by atoms with Crippen LogP contribution in [-0.4, -0.2) is 0 Å². The van der Waals surface area contributed by atoms with E-state index in [1.54, 1.807) is 12.1 Å². The molecule has 0 aliphatic rings. The smallest absolute Gasteiger partial charge is 0.147 e. The van der Waals surface area contributed by atoms with Gasteiger partial charge >= 0.3 is 0 Å². The van der Waals surface area contributed by atoms with Gasteiger partial charge in [-0.15, -0.1) is 0 Å². The lowest BCUT2D eigenvalue weighted by Gasteiger charge is -2.30. The minimum absolute atomic E-state index is 0.317. The van der Waals surface area contributed by atoms with Gasteiger partial charge in [-0.05, 0) is 164 Å². The van der Waals surface area contributed by atoms with Crippen LogP contribution >= 0.6 is 0 Å². The minimum atomic E-state index is -0.317.